The first kappa shape index (κ1) is 16.4. The van der Waals surface area contributed by atoms with Crippen LogP contribution in [0, 0.1) is 18.6 Å². The van der Waals surface area contributed by atoms with Gasteiger partial charge >= 0.3 is 0 Å². The van der Waals surface area contributed by atoms with E-state index in [2.05, 4.69) is 0 Å². The van der Waals surface area contributed by atoms with Gasteiger partial charge < -0.3 is 5.11 Å². The van der Waals surface area contributed by atoms with Crippen LogP contribution in [0.2, 0.25) is 0 Å². The third-order valence-electron chi connectivity index (χ3n) is 3.12. The van der Waals surface area contributed by atoms with Gasteiger partial charge in [0, 0.05) is 0 Å². The molecule has 0 heterocycles. The van der Waals surface area contributed by atoms with Gasteiger partial charge in [0.15, 0.2) is 0 Å². The summed E-state index contributed by atoms with van der Waals surface area (Å²) in [7, 11) is -4.03. The van der Waals surface area contributed by atoms with Crippen LogP contribution in [0.15, 0.2) is 47.4 Å². The molecule has 0 aliphatic carbocycles. The van der Waals surface area contributed by atoms with Crippen molar-refractivity contribution in [2.24, 2.45) is 0 Å². The van der Waals surface area contributed by atoms with Crippen molar-refractivity contribution in [2.75, 3.05) is 17.5 Å². The van der Waals surface area contributed by atoms with Crippen molar-refractivity contribution in [1.29, 1.82) is 0 Å². The lowest BCUT2D eigenvalue weighted by molar-refractivity contribution is 0.306. The largest absolute Gasteiger partial charge is 0.394 e. The van der Waals surface area contributed by atoms with Crippen molar-refractivity contribution in [1.82, 2.24) is 0 Å². The smallest absolute Gasteiger partial charge is 0.264 e. The molecule has 0 aliphatic heterocycles. The molecular formula is C15H15F2NO3S. The molecule has 0 unspecified atom stereocenters. The van der Waals surface area contributed by atoms with Crippen molar-refractivity contribution < 1.29 is 22.3 Å². The Morgan fingerprint density at radius 1 is 1.14 bits per heavy atom. The summed E-state index contributed by atoms with van der Waals surface area (Å²) in [5.41, 5.74) is 0.278. The lowest BCUT2D eigenvalue weighted by Crippen LogP contribution is -2.33. The number of anilines is 1. The number of benzene rings is 2. The van der Waals surface area contributed by atoms with Gasteiger partial charge in [-0.3, -0.25) is 4.31 Å². The van der Waals surface area contributed by atoms with Crippen LogP contribution in [-0.4, -0.2) is 26.7 Å². The van der Waals surface area contributed by atoms with Gasteiger partial charge in [-0.05, 0) is 48.9 Å². The lowest BCUT2D eigenvalue weighted by atomic mass is 10.2. The first-order chi connectivity index (χ1) is 10.4. The van der Waals surface area contributed by atoms with Crippen LogP contribution in [0.25, 0.3) is 0 Å². The van der Waals surface area contributed by atoms with Crippen LogP contribution in [0.1, 0.15) is 5.56 Å². The second kappa shape index (κ2) is 6.41. The molecule has 0 bridgehead atoms. The fourth-order valence-electron chi connectivity index (χ4n) is 2.02. The number of hydrogen-bond acceptors (Lipinski definition) is 3. The zero-order chi connectivity index (χ0) is 16.3. The lowest BCUT2D eigenvalue weighted by Gasteiger charge is -2.24. The highest BCUT2D eigenvalue weighted by Crippen LogP contribution is 2.25. The maximum Gasteiger partial charge on any atom is 0.264 e. The molecule has 2 aromatic rings. The van der Waals surface area contributed by atoms with Gasteiger partial charge in [0.2, 0.25) is 0 Å². The fraction of sp³-hybridized carbons (Fsp3) is 0.200. The van der Waals surface area contributed by atoms with Crippen molar-refractivity contribution in [3.8, 4) is 0 Å². The highest BCUT2D eigenvalue weighted by Gasteiger charge is 2.25. The first-order valence-corrected chi connectivity index (χ1v) is 7.95. The van der Waals surface area contributed by atoms with Crippen molar-refractivity contribution in [3.05, 3.63) is 59.7 Å². The Labute approximate surface area is 127 Å². The molecule has 0 aromatic heterocycles. The molecule has 2 rings (SSSR count). The Bertz CT molecular complexity index is 778. The molecule has 1 N–H and O–H groups in total. The summed E-state index contributed by atoms with van der Waals surface area (Å²) in [5.74, 6) is -1.11. The van der Waals surface area contributed by atoms with Gasteiger partial charge in [-0.1, -0.05) is 6.07 Å². The second-order valence-electron chi connectivity index (χ2n) is 4.69. The topological polar surface area (TPSA) is 57.6 Å². The van der Waals surface area contributed by atoms with E-state index in [1.165, 1.54) is 31.2 Å². The summed E-state index contributed by atoms with van der Waals surface area (Å²) in [6, 6.07) is 8.45. The molecule has 0 fully saturated rings. The van der Waals surface area contributed by atoms with Crippen LogP contribution in [0.3, 0.4) is 0 Å². The summed E-state index contributed by atoms with van der Waals surface area (Å²) in [6.45, 7) is 0.783. The summed E-state index contributed by atoms with van der Waals surface area (Å²) in [6.07, 6.45) is 0. The number of aliphatic hydroxyl groups is 1. The normalized spacial score (nSPS) is 11.5. The van der Waals surface area contributed by atoms with Crippen LogP contribution in [-0.2, 0) is 10.0 Å². The molecule has 0 saturated carbocycles. The Kier molecular flexibility index (Phi) is 4.77. The molecule has 118 valence electrons. The number of halogens is 2. The van der Waals surface area contributed by atoms with Gasteiger partial charge in [-0.2, -0.15) is 0 Å². The maximum absolute atomic E-state index is 13.3. The van der Waals surface area contributed by atoms with E-state index in [0.717, 1.165) is 22.5 Å². The van der Waals surface area contributed by atoms with E-state index in [-0.39, 0.29) is 22.7 Å². The zero-order valence-electron chi connectivity index (χ0n) is 11.8. The highest BCUT2D eigenvalue weighted by atomic mass is 32.2. The minimum absolute atomic E-state index is 0.0935. The maximum atomic E-state index is 13.3. The van der Waals surface area contributed by atoms with E-state index in [1.807, 2.05) is 0 Å². The number of nitrogens with zero attached hydrogens (tertiary/aromatic N) is 1. The van der Waals surface area contributed by atoms with Gasteiger partial charge in [-0.15, -0.1) is 0 Å². The summed E-state index contributed by atoms with van der Waals surface area (Å²) in [4.78, 5) is -0.121. The third-order valence-corrected chi connectivity index (χ3v) is 4.94. The highest BCUT2D eigenvalue weighted by molar-refractivity contribution is 7.92. The molecule has 0 radical (unpaired) electrons. The van der Waals surface area contributed by atoms with E-state index in [9.17, 15) is 17.2 Å². The van der Waals surface area contributed by atoms with Gasteiger partial charge in [0.25, 0.3) is 10.0 Å². The zero-order valence-corrected chi connectivity index (χ0v) is 12.6. The molecule has 0 spiro atoms. The quantitative estimate of drug-likeness (QED) is 0.918. The first-order valence-electron chi connectivity index (χ1n) is 6.51. The van der Waals surface area contributed by atoms with Crippen molar-refractivity contribution in [2.45, 2.75) is 11.8 Å². The number of sulfonamides is 1. The average Bonchev–Trinajstić information content (AvgIpc) is 2.47. The van der Waals surface area contributed by atoms with Crippen LogP contribution < -0.4 is 4.31 Å². The molecule has 4 nitrogen and oxygen atoms in total. The number of aryl methyl sites for hydroxylation is 1. The molecule has 0 atom stereocenters. The Balaban J connectivity index is 2.52. The van der Waals surface area contributed by atoms with E-state index in [0.29, 0.717) is 0 Å². The predicted octanol–water partition coefficient (Wildman–Crippen LogP) is 2.46. The van der Waals surface area contributed by atoms with E-state index in [4.69, 9.17) is 5.11 Å². The van der Waals surface area contributed by atoms with Crippen LogP contribution in [0.5, 0.6) is 0 Å². The van der Waals surface area contributed by atoms with E-state index < -0.39 is 28.3 Å². The predicted molar refractivity (Wildman–Crippen MR) is 79.2 cm³/mol. The third kappa shape index (κ3) is 3.26. The van der Waals surface area contributed by atoms with Crippen molar-refractivity contribution in [3.63, 3.8) is 0 Å². The van der Waals surface area contributed by atoms with Gasteiger partial charge in [0.05, 0.1) is 23.7 Å². The average molecular weight is 327 g/mol. The second-order valence-corrected chi connectivity index (χ2v) is 6.55. The minimum atomic E-state index is -4.03. The number of rotatable bonds is 5. The summed E-state index contributed by atoms with van der Waals surface area (Å²) >= 11 is 0. The monoisotopic (exact) mass is 327 g/mol. The Morgan fingerprint density at radius 2 is 1.86 bits per heavy atom. The molecule has 22 heavy (non-hydrogen) atoms. The Morgan fingerprint density at radius 3 is 2.45 bits per heavy atom. The SMILES string of the molecule is Cc1cc(S(=O)(=O)N(CCO)c2cccc(F)c2)ccc1F. The summed E-state index contributed by atoms with van der Waals surface area (Å²) in [5, 5.41) is 9.12. The number of aliphatic hydroxyl groups excluding tert-OH is 1. The molecule has 2 aromatic carbocycles. The van der Waals surface area contributed by atoms with E-state index in [1.54, 1.807) is 0 Å². The fourth-order valence-corrected chi connectivity index (χ4v) is 3.55. The molecular weight excluding hydrogens is 312 g/mol. The number of hydrogen-bond donors (Lipinski definition) is 1. The molecule has 0 saturated heterocycles. The van der Waals surface area contributed by atoms with Gasteiger partial charge in [0.1, 0.15) is 11.6 Å². The standard InChI is InChI=1S/C15H15F2NO3S/c1-11-9-14(5-6-15(11)17)22(20,21)18(7-8-19)13-4-2-3-12(16)10-13/h2-6,9-10,19H,7-8H2,1H3. The summed E-state index contributed by atoms with van der Waals surface area (Å²) < 4.78 is 52.9. The molecule has 0 aliphatic rings. The van der Waals surface area contributed by atoms with E-state index >= 15 is 0 Å². The molecule has 0 amide bonds. The van der Waals surface area contributed by atoms with Crippen molar-refractivity contribution >= 4 is 15.7 Å². The van der Waals surface area contributed by atoms with Crippen LogP contribution in [0.4, 0.5) is 14.5 Å². The minimum Gasteiger partial charge on any atom is -0.394 e. The van der Waals surface area contributed by atoms with Crippen LogP contribution >= 0.6 is 0 Å². The Hall–Kier alpha value is -1.99. The van der Waals surface area contributed by atoms with Gasteiger partial charge in [-0.25, -0.2) is 17.2 Å². The molecule has 7 heteroatoms.